The minimum Gasteiger partial charge on any atom is -0.368 e. The Kier molecular flexibility index (Phi) is 6.27. The molecule has 1 aliphatic heterocycles. The Balaban J connectivity index is 1.66. The van der Waals surface area contributed by atoms with Crippen molar-refractivity contribution >= 4 is 33.2 Å². The molecule has 1 aliphatic rings. The molecule has 1 heterocycles. The quantitative estimate of drug-likeness (QED) is 0.805. The van der Waals surface area contributed by atoms with Gasteiger partial charge in [-0.05, 0) is 48.9 Å². The number of hydrogen-bond acceptors (Lipinski definition) is 4. The van der Waals surface area contributed by atoms with Crippen LogP contribution in [0.2, 0.25) is 5.02 Å². The summed E-state index contributed by atoms with van der Waals surface area (Å²) >= 11 is 6.12. The Bertz CT molecular complexity index is 953. The number of piperazine rings is 1. The van der Waals surface area contributed by atoms with Gasteiger partial charge in [0, 0.05) is 49.0 Å². The van der Waals surface area contributed by atoms with Crippen molar-refractivity contribution in [3.63, 3.8) is 0 Å². The summed E-state index contributed by atoms with van der Waals surface area (Å²) in [7, 11) is -3.52. The maximum Gasteiger partial charge on any atom is 0.253 e. The largest absolute Gasteiger partial charge is 0.368 e. The molecule has 150 valence electrons. The van der Waals surface area contributed by atoms with Crippen molar-refractivity contribution in [2.45, 2.75) is 18.7 Å². The Morgan fingerprint density at radius 3 is 2.32 bits per heavy atom. The van der Waals surface area contributed by atoms with E-state index in [1.165, 1.54) is 12.1 Å². The average molecular weight is 422 g/mol. The molecule has 2 aromatic rings. The first-order valence-electron chi connectivity index (χ1n) is 9.22. The topological polar surface area (TPSA) is 69.7 Å². The van der Waals surface area contributed by atoms with Gasteiger partial charge in [0.15, 0.2) is 0 Å². The van der Waals surface area contributed by atoms with E-state index in [0.717, 1.165) is 24.3 Å². The van der Waals surface area contributed by atoms with Crippen LogP contribution >= 0.6 is 11.6 Å². The summed E-state index contributed by atoms with van der Waals surface area (Å²) in [6.45, 7) is 6.73. The summed E-state index contributed by atoms with van der Waals surface area (Å²) < 4.78 is 26.5. The fourth-order valence-corrected chi connectivity index (χ4v) is 4.51. The van der Waals surface area contributed by atoms with Crippen LogP contribution in [0.5, 0.6) is 0 Å². The predicted octanol–water partition coefficient (Wildman–Crippen LogP) is 2.91. The highest BCUT2D eigenvalue weighted by atomic mass is 35.5. The van der Waals surface area contributed by atoms with Crippen molar-refractivity contribution in [2.24, 2.45) is 0 Å². The number of nitrogens with one attached hydrogen (secondary N) is 1. The monoisotopic (exact) mass is 421 g/mol. The van der Waals surface area contributed by atoms with E-state index >= 15 is 0 Å². The molecule has 8 heteroatoms. The fraction of sp³-hybridized carbons (Fsp3) is 0.350. The van der Waals surface area contributed by atoms with Crippen LogP contribution in [0, 0.1) is 6.92 Å². The molecule has 1 saturated heterocycles. The fourth-order valence-electron chi connectivity index (χ4n) is 3.31. The lowest BCUT2D eigenvalue weighted by molar-refractivity contribution is 0.0746. The Morgan fingerprint density at radius 1 is 1.07 bits per heavy atom. The number of carbonyl (C=O) groups is 1. The van der Waals surface area contributed by atoms with Crippen LogP contribution in [0.3, 0.4) is 0 Å². The van der Waals surface area contributed by atoms with Gasteiger partial charge in [-0.25, -0.2) is 13.1 Å². The molecular formula is C20H24ClN3O3S. The minimum atomic E-state index is -3.52. The van der Waals surface area contributed by atoms with E-state index < -0.39 is 10.0 Å². The molecule has 0 aliphatic carbocycles. The molecule has 28 heavy (non-hydrogen) atoms. The number of rotatable bonds is 5. The third kappa shape index (κ3) is 4.48. The van der Waals surface area contributed by atoms with Crippen LogP contribution < -0.4 is 9.62 Å². The molecule has 0 spiro atoms. The zero-order chi connectivity index (χ0) is 20.3. The van der Waals surface area contributed by atoms with Crippen molar-refractivity contribution in [1.82, 2.24) is 9.62 Å². The first kappa shape index (κ1) is 20.6. The minimum absolute atomic E-state index is 0.0881. The van der Waals surface area contributed by atoms with E-state index in [0.29, 0.717) is 30.2 Å². The standard InChI is InChI=1S/C20H24ClN3O3S/c1-3-22-28(26,27)18-8-5-16(6-9-18)20(25)24-12-10-23(11-13-24)19-14-17(21)7-4-15(19)2/h4-9,14,22H,3,10-13H2,1-2H3. The average Bonchev–Trinajstić information content (AvgIpc) is 2.69. The summed E-state index contributed by atoms with van der Waals surface area (Å²) in [6, 6.07) is 11.9. The van der Waals surface area contributed by atoms with Crippen LogP contribution in [-0.2, 0) is 10.0 Å². The summed E-state index contributed by atoms with van der Waals surface area (Å²) in [4.78, 5) is 17.0. The lowest BCUT2D eigenvalue weighted by atomic mass is 10.1. The normalized spacial score (nSPS) is 15.0. The van der Waals surface area contributed by atoms with E-state index in [2.05, 4.69) is 9.62 Å². The molecule has 3 rings (SSSR count). The number of amides is 1. The highest BCUT2D eigenvalue weighted by molar-refractivity contribution is 7.89. The van der Waals surface area contributed by atoms with Crippen LogP contribution in [0.25, 0.3) is 0 Å². The van der Waals surface area contributed by atoms with Gasteiger partial charge in [0.2, 0.25) is 10.0 Å². The first-order chi connectivity index (χ1) is 13.3. The predicted molar refractivity (Wildman–Crippen MR) is 112 cm³/mol. The number of aryl methyl sites for hydroxylation is 1. The second kappa shape index (κ2) is 8.51. The van der Waals surface area contributed by atoms with Gasteiger partial charge in [-0.1, -0.05) is 24.6 Å². The van der Waals surface area contributed by atoms with Crippen molar-refractivity contribution < 1.29 is 13.2 Å². The van der Waals surface area contributed by atoms with Crippen LogP contribution in [0.1, 0.15) is 22.8 Å². The number of hydrogen-bond donors (Lipinski definition) is 1. The Labute approximate surface area is 171 Å². The molecule has 1 N–H and O–H groups in total. The second-order valence-electron chi connectivity index (χ2n) is 6.74. The van der Waals surface area contributed by atoms with E-state index in [1.807, 2.05) is 25.1 Å². The van der Waals surface area contributed by atoms with Crippen molar-refractivity contribution in [2.75, 3.05) is 37.6 Å². The molecule has 1 amide bonds. The van der Waals surface area contributed by atoms with Gasteiger partial charge in [0.05, 0.1) is 4.90 Å². The van der Waals surface area contributed by atoms with Crippen LogP contribution in [0.15, 0.2) is 47.4 Å². The molecule has 0 saturated carbocycles. The van der Waals surface area contributed by atoms with E-state index in [-0.39, 0.29) is 10.8 Å². The third-order valence-corrected chi connectivity index (χ3v) is 6.62. The Morgan fingerprint density at radius 2 is 1.71 bits per heavy atom. The van der Waals surface area contributed by atoms with Crippen LogP contribution in [0.4, 0.5) is 5.69 Å². The molecule has 0 aromatic heterocycles. The number of anilines is 1. The Hall–Kier alpha value is -2.09. The maximum atomic E-state index is 12.8. The van der Waals surface area contributed by atoms with Gasteiger partial charge >= 0.3 is 0 Å². The molecule has 0 bridgehead atoms. The number of benzene rings is 2. The lowest BCUT2D eigenvalue weighted by Crippen LogP contribution is -2.49. The molecule has 0 atom stereocenters. The first-order valence-corrected chi connectivity index (χ1v) is 11.1. The van der Waals surface area contributed by atoms with Gasteiger partial charge in [-0.2, -0.15) is 0 Å². The number of sulfonamides is 1. The lowest BCUT2D eigenvalue weighted by Gasteiger charge is -2.37. The number of carbonyl (C=O) groups excluding carboxylic acids is 1. The smallest absolute Gasteiger partial charge is 0.253 e. The van der Waals surface area contributed by atoms with Crippen molar-refractivity contribution in [3.05, 3.63) is 58.6 Å². The molecule has 0 radical (unpaired) electrons. The molecule has 6 nitrogen and oxygen atoms in total. The summed E-state index contributed by atoms with van der Waals surface area (Å²) in [5.74, 6) is -0.0881. The zero-order valence-corrected chi connectivity index (χ0v) is 17.6. The molecule has 2 aromatic carbocycles. The molecule has 0 unspecified atom stereocenters. The van der Waals surface area contributed by atoms with E-state index in [4.69, 9.17) is 11.6 Å². The SMILES string of the molecule is CCNS(=O)(=O)c1ccc(C(=O)N2CCN(c3cc(Cl)ccc3C)CC2)cc1. The second-order valence-corrected chi connectivity index (χ2v) is 8.94. The maximum absolute atomic E-state index is 12.8. The number of halogens is 1. The van der Waals surface area contributed by atoms with Gasteiger partial charge in [0.25, 0.3) is 5.91 Å². The van der Waals surface area contributed by atoms with Crippen molar-refractivity contribution in [1.29, 1.82) is 0 Å². The molecule has 1 fully saturated rings. The van der Waals surface area contributed by atoms with Gasteiger partial charge in [0.1, 0.15) is 0 Å². The number of nitrogens with zero attached hydrogens (tertiary/aromatic N) is 2. The summed E-state index contributed by atoms with van der Waals surface area (Å²) in [6.07, 6.45) is 0. The van der Waals surface area contributed by atoms with Gasteiger partial charge in [-0.15, -0.1) is 0 Å². The third-order valence-electron chi connectivity index (χ3n) is 4.82. The van der Waals surface area contributed by atoms with E-state index in [9.17, 15) is 13.2 Å². The zero-order valence-electron chi connectivity index (χ0n) is 16.0. The van der Waals surface area contributed by atoms with Gasteiger partial charge < -0.3 is 9.80 Å². The van der Waals surface area contributed by atoms with Crippen molar-refractivity contribution in [3.8, 4) is 0 Å². The van der Waals surface area contributed by atoms with Crippen LogP contribution in [-0.4, -0.2) is 51.9 Å². The summed E-state index contributed by atoms with van der Waals surface area (Å²) in [5.41, 5.74) is 2.74. The molecular weight excluding hydrogens is 398 g/mol. The van der Waals surface area contributed by atoms with Gasteiger partial charge in [-0.3, -0.25) is 4.79 Å². The highest BCUT2D eigenvalue weighted by Crippen LogP contribution is 2.25. The van der Waals surface area contributed by atoms with E-state index in [1.54, 1.807) is 24.0 Å². The summed E-state index contributed by atoms with van der Waals surface area (Å²) in [5, 5.41) is 0.701. The highest BCUT2D eigenvalue weighted by Gasteiger charge is 2.23.